The Balaban J connectivity index is -0.0000000800. The summed E-state index contributed by atoms with van der Waals surface area (Å²) in [5, 5.41) is 0. The van der Waals surface area contributed by atoms with E-state index in [4.69, 9.17) is 4.79 Å². The second kappa shape index (κ2) is 15.9. The molecule has 0 aliphatic heterocycles. The van der Waals surface area contributed by atoms with Gasteiger partial charge in [0.15, 0.2) is 0 Å². The molecule has 2 heteroatoms. The van der Waals surface area contributed by atoms with Crippen LogP contribution < -0.4 is 0 Å². The van der Waals surface area contributed by atoms with Gasteiger partial charge in [0.25, 0.3) is 0 Å². The largest absolute Gasteiger partial charge is 0.542 e. The van der Waals surface area contributed by atoms with Crippen LogP contribution in [0.25, 0.3) is 0 Å². The van der Waals surface area contributed by atoms with Crippen molar-refractivity contribution in [3.8, 4) is 0 Å². The van der Waals surface area contributed by atoms with Gasteiger partial charge in [-0.25, -0.2) is 0 Å². The molecule has 0 N–H and O–H groups in total. The number of rotatable bonds is 1. The van der Waals surface area contributed by atoms with Crippen molar-refractivity contribution in [3.05, 3.63) is 6.92 Å². The van der Waals surface area contributed by atoms with Crippen LogP contribution in [0.1, 0.15) is 27.2 Å². The van der Waals surface area contributed by atoms with Gasteiger partial charge in [-0.15, -0.1) is 0 Å². The average molecular weight is 203 g/mol. The Morgan fingerprint density at radius 3 is 1.67 bits per heavy atom. The molecule has 1 radical (unpaired) electrons. The minimum atomic E-state index is 0. The first-order chi connectivity index (χ1) is 3.68. The number of hydrogen-bond acceptors (Lipinski definition) is 1. The molecule has 0 atom stereocenters. The van der Waals surface area contributed by atoms with E-state index in [0.29, 0.717) is 0 Å². The van der Waals surface area contributed by atoms with Gasteiger partial charge in [-0.2, -0.15) is 13.3 Å². The van der Waals surface area contributed by atoms with E-state index >= 15 is 0 Å². The summed E-state index contributed by atoms with van der Waals surface area (Å²) in [7, 11) is 0. The van der Waals surface area contributed by atoms with E-state index in [9.17, 15) is 0 Å². The zero-order chi connectivity index (χ0) is 6.99. The van der Waals surface area contributed by atoms with Crippen molar-refractivity contribution in [2.45, 2.75) is 27.2 Å². The molecular formula is C7H14OY-2. The van der Waals surface area contributed by atoms with E-state index in [2.05, 4.69) is 20.8 Å². The van der Waals surface area contributed by atoms with Crippen molar-refractivity contribution in [3.63, 3.8) is 0 Å². The third-order valence-electron chi connectivity index (χ3n) is 0.577. The quantitative estimate of drug-likeness (QED) is 0.595. The summed E-state index contributed by atoms with van der Waals surface area (Å²) in [6.07, 6.45) is 2.56. The normalized spacial score (nSPS) is 6.78. The van der Waals surface area contributed by atoms with Gasteiger partial charge in [0.05, 0.1) is 0 Å². The molecule has 53 valence electrons. The van der Waals surface area contributed by atoms with E-state index in [1.54, 1.807) is 0 Å². The molecule has 0 unspecified atom stereocenters. The van der Waals surface area contributed by atoms with Crippen LogP contribution in [0.15, 0.2) is 0 Å². The SMILES string of the molecule is C[C-]=O.[CH2-]CC(C)C.[Y]. The molecule has 0 amide bonds. The van der Waals surface area contributed by atoms with Crippen molar-refractivity contribution in [1.82, 2.24) is 0 Å². The molecule has 0 aromatic rings. The third-order valence-corrected chi connectivity index (χ3v) is 0.577. The van der Waals surface area contributed by atoms with Crippen molar-refractivity contribution < 1.29 is 37.5 Å². The van der Waals surface area contributed by atoms with Crippen LogP contribution in [0.4, 0.5) is 0 Å². The van der Waals surface area contributed by atoms with Gasteiger partial charge in [-0.1, -0.05) is 19.8 Å². The minimum absolute atomic E-state index is 0. The first-order valence-corrected chi connectivity index (χ1v) is 2.77. The molecule has 0 aromatic heterocycles. The van der Waals surface area contributed by atoms with Gasteiger partial charge in [0.1, 0.15) is 0 Å². The van der Waals surface area contributed by atoms with Crippen molar-refractivity contribution in [2.24, 2.45) is 5.92 Å². The summed E-state index contributed by atoms with van der Waals surface area (Å²) < 4.78 is 0. The summed E-state index contributed by atoms with van der Waals surface area (Å²) in [4.78, 5) is 8.68. The van der Waals surface area contributed by atoms with Crippen molar-refractivity contribution in [2.75, 3.05) is 0 Å². The average Bonchev–Trinajstić information content (AvgIpc) is 1.69. The second-order valence-corrected chi connectivity index (χ2v) is 1.89. The van der Waals surface area contributed by atoms with Crippen LogP contribution in [0.3, 0.4) is 0 Å². The fraction of sp³-hybridized carbons (Fsp3) is 0.714. The van der Waals surface area contributed by atoms with Crippen LogP contribution in [0, 0.1) is 12.8 Å². The molecule has 0 spiro atoms. The van der Waals surface area contributed by atoms with E-state index < -0.39 is 0 Å². The van der Waals surface area contributed by atoms with Gasteiger partial charge in [0.2, 0.25) is 0 Å². The van der Waals surface area contributed by atoms with Gasteiger partial charge in [-0.3, -0.25) is 6.29 Å². The maximum atomic E-state index is 8.68. The summed E-state index contributed by atoms with van der Waals surface area (Å²) in [5.41, 5.74) is 0. The van der Waals surface area contributed by atoms with Gasteiger partial charge >= 0.3 is 0 Å². The number of hydrogen-bond donors (Lipinski definition) is 0. The molecule has 0 bridgehead atoms. The number of carbonyl (C=O) groups excluding carboxylic acids is 1. The molecule has 0 saturated heterocycles. The fourth-order valence-electron chi connectivity index (χ4n) is 0. The van der Waals surface area contributed by atoms with Gasteiger partial charge < -0.3 is 11.7 Å². The molecule has 0 rings (SSSR count). The second-order valence-electron chi connectivity index (χ2n) is 1.89. The van der Waals surface area contributed by atoms with Gasteiger partial charge in [-0.05, 0) is 0 Å². The Labute approximate surface area is 83.5 Å². The zero-order valence-corrected chi connectivity index (χ0v) is 9.32. The topological polar surface area (TPSA) is 17.1 Å². The van der Waals surface area contributed by atoms with E-state index in [-0.39, 0.29) is 32.7 Å². The van der Waals surface area contributed by atoms with Crippen LogP contribution in [-0.2, 0) is 37.5 Å². The Hall–Kier alpha value is 0.774. The standard InChI is InChI=1S/C5H11.C2H3O.Y/c1-4-5(2)3;1-2-3;/h5H,1,4H2,2-3H3;1H3;/q2*-1;. The molecule has 1 nitrogen and oxygen atoms in total. The first kappa shape index (κ1) is 16.4. The van der Waals surface area contributed by atoms with Crippen LogP contribution in [0.5, 0.6) is 0 Å². The Morgan fingerprint density at radius 1 is 1.56 bits per heavy atom. The minimum Gasteiger partial charge on any atom is -0.542 e. The van der Waals surface area contributed by atoms with Crippen molar-refractivity contribution in [1.29, 1.82) is 0 Å². The van der Waals surface area contributed by atoms with Crippen LogP contribution in [-0.4, -0.2) is 6.29 Å². The molecule has 0 saturated carbocycles. The Bertz CT molecular complexity index is 44.2. The molecule has 0 heterocycles. The molecule has 0 aliphatic rings. The first-order valence-electron chi connectivity index (χ1n) is 2.77. The van der Waals surface area contributed by atoms with Gasteiger partial charge in [0, 0.05) is 32.7 Å². The third kappa shape index (κ3) is 52.3. The monoisotopic (exact) mass is 203 g/mol. The Morgan fingerprint density at radius 2 is 1.67 bits per heavy atom. The zero-order valence-electron chi connectivity index (χ0n) is 6.48. The molecule has 0 fully saturated rings. The summed E-state index contributed by atoms with van der Waals surface area (Å²) in [6, 6.07) is 0. The van der Waals surface area contributed by atoms with E-state index in [1.807, 2.05) is 0 Å². The van der Waals surface area contributed by atoms with E-state index in [1.165, 1.54) is 13.2 Å². The smallest absolute Gasteiger partial charge is 0 e. The molecule has 0 aliphatic carbocycles. The summed E-state index contributed by atoms with van der Waals surface area (Å²) in [5.74, 6) is 0.773. The van der Waals surface area contributed by atoms with Crippen molar-refractivity contribution >= 4 is 6.29 Å². The summed E-state index contributed by atoms with van der Waals surface area (Å²) >= 11 is 0. The maximum absolute atomic E-state index is 8.68. The Kier molecular flexibility index (Phi) is 29.0. The predicted molar refractivity (Wildman–Crippen MR) is 36.2 cm³/mol. The molecular weight excluding hydrogens is 189 g/mol. The molecule has 0 aromatic carbocycles. The van der Waals surface area contributed by atoms with E-state index in [0.717, 1.165) is 12.3 Å². The summed E-state index contributed by atoms with van der Waals surface area (Å²) in [6.45, 7) is 9.32. The predicted octanol–water partition coefficient (Wildman–Crippen LogP) is 1.98. The fourth-order valence-corrected chi connectivity index (χ4v) is 0. The van der Waals surface area contributed by atoms with Crippen LogP contribution >= 0.6 is 0 Å². The molecule has 9 heavy (non-hydrogen) atoms. The van der Waals surface area contributed by atoms with Crippen LogP contribution in [0.2, 0.25) is 0 Å². The maximum Gasteiger partial charge on any atom is 0 e.